The molecule has 2 fully saturated rings. The van der Waals surface area contributed by atoms with Gasteiger partial charge in [-0.25, -0.2) is 4.79 Å². The lowest BCUT2D eigenvalue weighted by Gasteiger charge is -2.30. The number of carbonyl (C=O) groups excluding carboxylic acids is 1. The Bertz CT molecular complexity index is 355. The molecular formula is C13H22N2O4. The molecule has 0 aliphatic carbocycles. The lowest BCUT2D eigenvalue weighted by atomic mass is 10.0. The number of carboxylic acid groups (broad SMARTS) is 1. The van der Waals surface area contributed by atoms with Crippen molar-refractivity contribution >= 4 is 12.0 Å². The molecule has 2 aliphatic rings. The van der Waals surface area contributed by atoms with Crippen LogP contribution in [0.25, 0.3) is 0 Å². The van der Waals surface area contributed by atoms with E-state index in [1.807, 2.05) is 6.92 Å². The Labute approximate surface area is 113 Å². The second kappa shape index (κ2) is 5.77. The molecule has 108 valence electrons. The Balaban J connectivity index is 1.90. The van der Waals surface area contributed by atoms with E-state index in [-0.39, 0.29) is 18.2 Å². The second-order valence-corrected chi connectivity index (χ2v) is 5.47. The maximum atomic E-state index is 12.3. The maximum Gasteiger partial charge on any atom is 0.320 e. The molecule has 2 saturated heterocycles. The molecule has 2 aliphatic heterocycles. The van der Waals surface area contributed by atoms with Gasteiger partial charge in [-0.1, -0.05) is 0 Å². The van der Waals surface area contributed by atoms with Crippen molar-refractivity contribution in [1.29, 1.82) is 0 Å². The topological polar surface area (TPSA) is 70.1 Å². The summed E-state index contributed by atoms with van der Waals surface area (Å²) in [6.07, 6.45) is 2.71. The van der Waals surface area contributed by atoms with Crippen LogP contribution in [0.2, 0.25) is 0 Å². The number of nitrogens with zero attached hydrogens (tertiary/aromatic N) is 2. The fourth-order valence-electron chi connectivity index (χ4n) is 2.93. The molecule has 6 heteroatoms. The minimum Gasteiger partial charge on any atom is -0.481 e. The molecule has 2 amide bonds. The van der Waals surface area contributed by atoms with E-state index < -0.39 is 11.9 Å². The summed E-state index contributed by atoms with van der Waals surface area (Å²) in [5.41, 5.74) is 0. The second-order valence-electron chi connectivity index (χ2n) is 5.47. The quantitative estimate of drug-likeness (QED) is 0.831. The predicted octanol–water partition coefficient (Wildman–Crippen LogP) is 1.01. The largest absolute Gasteiger partial charge is 0.481 e. The zero-order chi connectivity index (χ0) is 14.0. The van der Waals surface area contributed by atoms with E-state index >= 15 is 0 Å². The molecule has 6 nitrogen and oxygen atoms in total. The Morgan fingerprint density at radius 1 is 1.42 bits per heavy atom. The molecule has 3 unspecified atom stereocenters. The SMILES string of the molecule is CC1C(C(=O)O)CCN1C(=O)N(C)CC1CCCO1. The summed E-state index contributed by atoms with van der Waals surface area (Å²) < 4.78 is 5.52. The van der Waals surface area contributed by atoms with Crippen LogP contribution in [0.15, 0.2) is 0 Å². The van der Waals surface area contributed by atoms with Crippen LogP contribution in [0.5, 0.6) is 0 Å². The van der Waals surface area contributed by atoms with E-state index in [1.165, 1.54) is 0 Å². The van der Waals surface area contributed by atoms with Crippen LogP contribution in [0.4, 0.5) is 4.79 Å². The molecule has 0 saturated carbocycles. The fourth-order valence-corrected chi connectivity index (χ4v) is 2.93. The summed E-state index contributed by atoms with van der Waals surface area (Å²) >= 11 is 0. The summed E-state index contributed by atoms with van der Waals surface area (Å²) in [5.74, 6) is -1.26. The molecule has 0 aromatic rings. The van der Waals surface area contributed by atoms with Crippen molar-refractivity contribution in [3.63, 3.8) is 0 Å². The van der Waals surface area contributed by atoms with Crippen molar-refractivity contribution in [3.8, 4) is 0 Å². The van der Waals surface area contributed by atoms with E-state index in [9.17, 15) is 9.59 Å². The van der Waals surface area contributed by atoms with Crippen LogP contribution in [-0.4, -0.2) is 65.8 Å². The molecule has 3 atom stereocenters. The number of carboxylic acids is 1. The van der Waals surface area contributed by atoms with Gasteiger partial charge in [-0.2, -0.15) is 0 Å². The van der Waals surface area contributed by atoms with Crippen LogP contribution in [0.1, 0.15) is 26.2 Å². The minimum atomic E-state index is -0.815. The molecule has 2 rings (SSSR count). The first-order chi connectivity index (χ1) is 9.00. The number of ether oxygens (including phenoxy) is 1. The van der Waals surface area contributed by atoms with E-state index in [0.29, 0.717) is 19.5 Å². The van der Waals surface area contributed by atoms with Gasteiger partial charge >= 0.3 is 12.0 Å². The first-order valence-electron chi connectivity index (χ1n) is 6.87. The highest BCUT2D eigenvalue weighted by molar-refractivity contribution is 5.78. The van der Waals surface area contributed by atoms with Crippen LogP contribution in [0.3, 0.4) is 0 Å². The molecule has 0 spiro atoms. The number of likely N-dealkylation sites (tertiary alicyclic amines) is 1. The number of hydrogen-bond acceptors (Lipinski definition) is 3. The van der Waals surface area contributed by atoms with E-state index in [2.05, 4.69) is 0 Å². The van der Waals surface area contributed by atoms with Gasteiger partial charge in [0.1, 0.15) is 0 Å². The van der Waals surface area contributed by atoms with Crippen LogP contribution in [-0.2, 0) is 9.53 Å². The molecular weight excluding hydrogens is 248 g/mol. The molecule has 1 N–H and O–H groups in total. The average Bonchev–Trinajstić information content (AvgIpc) is 2.97. The number of rotatable bonds is 3. The Morgan fingerprint density at radius 2 is 2.16 bits per heavy atom. The van der Waals surface area contributed by atoms with Gasteiger partial charge in [-0.15, -0.1) is 0 Å². The zero-order valence-corrected chi connectivity index (χ0v) is 11.5. The molecule has 0 radical (unpaired) electrons. The molecule has 19 heavy (non-hydrogen) atoms. The Hall–Kier alpha value is -1.30. The predicted molar refractivity (Wildman–Crippen MR) is 68.9 cm³/mol. The Morgan fingerprint density at radius 3 is 2.68 bits per heavy atom. The fraction of sp³-hybridized carbons (Fsp3) is 0.846. The van der Waals surface area contributed by atoms with E-state index in [4.69, 9.17) is 9.84 Å². The van der Waals surface area contributed by atoms with Gasteiger partial charge in [0.15, 0.2) is 0 Å². The number of urea groups is 1. The van der Waals surface area contributed by atoms with Gasteiger partial charge in [0.05, 0.1) is 12.0 Å². The monoisotopic (exact) mass is 270 g/mol. The number of likely N-dealkylation sites (N-methyl/N-ethyl adjacent to an activating group) is 1. The highest BCUT2D eigenvalue weighted by Crippen LogP contribution is 2.25. The third-order valence-corrected chi connectivity index (χ3v) is 4.15. The van der Waals surface area contributed by atoms with Crippen molar-refractivity contribution < 1.29 is 19.4 Å². The van der Waals surface area contributed by atoms with Crippen molar-refractivity contribution in [2.24, 2.45) is 5.92 Å². The van der Waals surface area contributed by atoms with Gasteiger partial charge in [0.2, 0.25) is 0 Å². The standard InChI is InChI=1S/C13H22N2O4/c1-9-11(12(16)17)5-6-15(9)13(18)14(2)8-10-4-3-7-19-10/h9-11H,3-8H2,1-2H3,(H,16,17). The molecule has 0 bridgehead atoms. The van der Waals surface area contributed by atoms with Crippen molar-refractivity contribution in [2.75, 3.05) is 26.7 Å². The molecule has 0 aromatic heterocycles. The van der Waals surface area contributed by atoms with Gasteiger partial charge < -0.3 is 19.6 Å². The maximum absolute atomic E-state index is 12.3. The zero-order valence-electron chi connectivity index (χ0n) is 11.5. The number of hydrogen-bond donors (Lipinski definition) is 1. The number of amides is 2. The lowest BCUT2D eigenvalue weighted by Crippen LogP contribution is -2.46. The van der Waals surface area contributed by atoms with E-state index in [0.717, 1.165) is 19.4 Å². The first kappa shape index (κ1) is 14.1. The summed E-state index contributed by atoms with van der Waals surface area (Å²) in [6.45, 7) is 3.68. The van der Waals surface area contributed by atoms with Crippen molar-refractivity contribution in [2.45, 2.75) is 38.3 Å². The average molecular weight is 270 g/mol. The third-order valence-electron chi connectivity index (χ3n) is 4.15. The highest BCUT2D eigenvalue weighted by Gasteiger charge is 2.39. The van der Waals surface area contributed by atoms with E-state index in [1.54, 1.807) is 16.8 Å². The summed E-state index contributed by atoms with van der Waals surface area (Å²) in [6, 6.07) is -0.330. The van der Waals surface area contributed by atoms with Gasteiger partial charge in [0, 0.05) is 32.8 Å². The van der Waals surface area contributed by atoms with Crippen molar-refractivity contribution in [3.05, 3.63) is 0 Å². The van der Waals surface area contributed by atoms with Gasteiger partial charge in [-0.3, -0.25) is 4.79 Å². The third kappa shape index (κ3) is 3.00. The van der Waals surface area contributed by atoms with Crippen LogP contribution >= 0.6 is 0 Å². The van der Waals surface area contributed by atoms with Crippen LogP contribution < -0.4 is 0 Å². The van der Waals surface area contributed by atoms with Gasteiger partial charge in [0.25, 0.3) is 0 Å². The number of carbonyl (C=O) groups is 2. The van der Waals surface area contributed by atoms with Crippen LogP contribution in [0, 0.1) is 5.92 Å². The summed E-state index contributed by atoms with van der Waals surface area (Å²) in [4.78, 5) is 26.7. The van der Waals surface area contributed by atoms with Gasteiger partial charge in [-0.05, 0) is 26.2 Å². The lowest BCUT2D eigenvalue weighted by molar-refractivity contribution is -0.142. The Kier molecular flexibility index (Phi) is 4.29. The minimum absolute atomic E-state index is 0.0910. The molecule has 0 aromatic carbocycles. The van der Waals surface area contributed by atoms with Crippen molar-refractivity contribution in [1.82, 2.24) is 9.80 Å². The highest BCUT2D eigenvalue weighted by atomic mass is 16.5. The summed E-state index contributed by atoms with van der Waals surface area (Å²) in [7, 11) is 1.75. The summed E-state index contributed by atoms with van der Waals surface area (Å²) in [5, 5.41) is 9.08. The number of aliphatic carboxylic acids is 1. The smallest absolute Gasteiger partial charge is 0.320 e. The normalized spacial score (nSPS) is 30.6. The molecule has 2 heterocycles. The first-order valence-corrected chi connectivity index (χ1v) is 6.87.